The molecule has 1 aliphatic heterocycles. The van der Waals surface area contributed by atoms with Crippen molar-refractivity contribution in [3.8, 4) is 45.3 Å². The van der Waals surface area contributed by atoms with E-state index in [1.165, 1.54) is 34.9 Å². The Balaban J connectivity index is 0.910. The maximum atomic E-state index is 12.6. The topological polar surface area (TPSA) is 151 Å². The quantitative estimate of drug-likeness (QED) is 0.0340. The van der Waals surface area contributed by atoms with E-state index in [1.807, 2.05) is 30.3 Å². The highest BCUT2D eigenvalue weighted by Gasteiger charge is 2.56. The molecule has 2 aliphatic carbocycles. The van der Waals surface area contributed by atoms with Gasteiger partial charge in [0.25, 0.3) is 0 Å². The second kappa shape index (κ2) is 24.3. The van der Waals surface area contributed by atoms with Gasteiger partial charge in [0.15, 0.2) is 5.60 Å². The predicted octanol–water partition coefficient (Wildman–Crippen LogP) is 12.8. The molecule has 0 bridgehead atoms. The summed E-state index contributed by atoms with van der Waals surface area (Å²) in [5, 5.41) is 2.16. The smallest absolute Gasteiger partial charge is 0.306 e. The number of methoxy groups -OCH3 is 3. The Hall–Kier alpha value is -7.38. The maximum Gasteiger partial charge on any atom is 0.306 e. The lowest BCUT2D eigenvalue weighted by molar-refractivity contribution is -0.151. The molecular weight excluding hydrogens is 1000 g/mol. The minimum Gasteiger partial charge on any atom is -0.497 e. The highest BCUT2D eigenvalue weighted by atomic mass is 16.6. The van der Waals surface area contributed by atoms with Crippen LogP contribution in [0.4, 0.5) is 0 Å². The van der Waals surface area contributed by atoms with Crippen molar-refractivity contribution in [3.63, 3.8) is 0 Å². The molecule has 1 fully saturated rings. The van der Waals surface area contributed by atoms with Crippen LogP contribution in [0.3, 0.4) is 0 Å². The number of hydrogen-bond acceptors (Lipinski definition) is 13. The number of unbranched alkanes of at least 4 members (excludes halogenated alkanes) is 1. The summed E-state index contributed by atoms with van der Waals surface area (Å²) in [5.41, 5.74) is 9.77. The first-order chi connectivity index (χ1) is 38.1. The van der Waals surface area contributed by atoms with Crippen molar-refractivity contribution in [2.45, 2.75) is 109 Å². The van der Waals surface area contributed by atoms with Crippen molar-refractivity contribution in [2.75, 3.05) is 61.0 Å². The highest BCUT2D eigenvalue weighted by Crippen LogP contribution is 2.67. The van der Waals surface area contributed by atoms with Crippen LogP contribution in [0.2, 0.25) is 0 Å². The molecule has 1 spiro atoms. The van der Waals surface area contributed by atoms with Crippen molar-refractivity contribution in [1.29, 1.82) is 0 Å². The minimum absolute atomic E-state index is 0.00833. The van der Waals surface area contributed by atoms with E-state index >= 15 is 0 Å². The lowest BCUT2D eigenvalue weighted by Gasteiger charge is -2.52. The summed E-state index contributed by atoms with van der Waals surface area (Å²) < 4.78 is 51.5. The zero-order chi connectivity index (χ0) is 55.8. The van der Waals surface area contributed by atoms with E-state index in [0.717, 1.165) is 76.0 Å². The van der Waals surface area contributed by atoms with Gasteiger partial charge in [-0.2, -0.15) is 0 Å². The third kappa shape index (κ3) is 12.4. The van der Waals surface area contributed by atoms with Crippen LogP contribution < -0.4 is 18.9 Å². The Labute approximate surface area is 464 Å². The van der Waals surface area contributed by atoms with E-state index in [0.29, 0.717) is 25.0 Å². The molecule has 0 N–H and O–H groups in total. The van der Waals surface area contributed by atoms with E-state index in [1.54, 1.807) is 14.2 Å². The lowest BCUT2D eigenvalue weighted by Crippen LogP contribution is -2.45. The van der Waals surface area contributed by atoms with Gasteiger partial charge in [-0.15, -0.1) is 0 Å². The molecule has 0 amide bonds. The van der Waals surface area contributed by atoms with Gasteiger partial charge < -0.3 is 42.6 Å². The second-order valence-corrected chi connectivity index (χ2v) is 22.6. The van der Waals surface area contributed by atoms with Crippen molar-refractivity contribution >= 4 is 34.6 Å². The number of benzene rings is 6. The number of fused-ring (bicyclic) bond motifs is 10. The first kappa shape index (κ1) is 56.3. The molecule has 6 aromatic rings. The van der Waals surface area contributed by atoms with Gasteiger partial charge in [0.1, 0.15) is 42.8 Å². The van der Waals surface area contributed by atoms with Crippen LogP contribution in [0.15, 0.2) is 115 Å². The SMILES string of the molecule is COCCOC(=O)CCC(=O)OCCCCOC(=O)CCC(=O)OCCOc1ccc(C2(c3ccc(OC)cc3)CCc3c4c(c5cc(-c6ccccc6)c(OC)cc5c3O2)-c2ccccc2C42CC(C)(C)CC(C)(C)C2)cc1. The van der Waals surface area contributed by atoms with Gasteiger partial charge in [-0.05, 0) is 131 Å². The van der Waals surface area contributed by atoms with Crippen molar-refractivity contribution in [3.05, 3.63) is 143 Å². The number of ether oxygens (including phenoxy) is 9. The summed E-state index contributed by atoms with van der Waals surface area (Å²) in [5.74, 6) is 0.918. The maximum absolute atomic E-state index is 12.6. The van der Waals surface area contributed by atoms with Gasteiger partial charge in [-0.25, -0.2) is 0 Å². The predicted molar refractivity (Wildman–Crippen MR) is 302 cm³/mol. The van der Waals surface area contributed by atoms with Gasteiger partial charge in [0, 0.05) is 34.6 Å². The number of rotatable bonds is 23. The van der Waals surface area contributed by atoms with E-state index in [2.05, 4.69) is 113 Å². The monoisotopic (exact) mass is 1070 g/mol. The molecule has 1 atom stereocenters. The molecule has 1 heterocycles. The number of carbonyl (C=O) groups is 4. The largest absolute Gasteiger partial charge is 0.497 e. The normalized spacial score (nSPS) is 17.1. The molecule has 79 heavy (non-hydrogen) atoms. The third-order valence-corrected chi connectivity index (χ3v) is 15.6. The van der Waals surface area contributed by atoms with E-state index in [-0.39, 0.29) is 81.6 Å². The average Bonchev–Trinajstić information content (AvgIpc) is 3.00. The molecule has 416 valence electrons. The van der Waals surface area contributed by atoms with Gasteiger partial charge in [0.05, 0.1) is 59.7 Å². The second-order valence-electron chi connectivity index (χ2n) is 22.6. The number of hydrogen-bond donors (Lipinski definition) is 0. The molecule has 13 heteroatoms. The summed E-state index contributed by atoms with van der Waals surface area (Å²) in [6, 6.07) is 40.4. The molecule has 0 saturated heterocycles. The Morgan fingerprint density at radius 2 is 1.08 bits per heavy atom. The number of carbonyl (C=O) groups excluding carboxylic acids is 4. The zero-order valence-electron chi connectivity index (χ0n) is 46.8. The van der Waals surface area contributed by atoms with E-state index < -0.39 is 29.5 Å². The molecule has 3 aliphatic rings. The van der Waals surface area contributed by atoms with Crippen LogP contribution in [0.5, 0.6) is 23.0 Å². The van der Waals surface area contributed by atoms with Crippen molar-refractivity contribution in [2.24, 2.45) is 10.8 Å². The highest BCUT2D eigenvalue weighted by molar-refractivity contribution is 6.09. The minimum atomic E-state index is -0.913. The fourth-order valence-corrected chi connectivity index (χ4v) is 13.1. The van der Waals surface area contributed by atoms with Gasteiger partial charge >= 0.3 is 23.9 Å². The van der Waals surface area contributed by atoms with E-state index in [4.69, 9.17) is 42.6 Å². The zero-order valence-corrected chi connectivity index (χ0v) is 46.8. The number of esters is 4. The first-order valence-corrected chi connectivity index (χ1v) is 27.6. The molecule has 0 aromatic heterocycles. The fourth-order valence-electron chi connectivity index (χ4n) is 13.1. The molecule has 1 unspecified atom stereocenters. The van der Waals surface area contributed by atoms with Crippen molar-refractivity contribution in [1.82, 2.24) is 0 Å². The van der Waals surface area contributed by atoms with E-state index in [9.17, 15) is 19.2 Å². The van der Waals surface area contributed by atoms with Gasteiger partial charge in [-0.1, -0.05) is 107 Å². The fraction of sp³-hybridized carbons (Fsp3) is 0.424. The molecule has 13 nitrogen and oxygen atoms in total. The Morgan fingerprint density at radius 1 is 0.532 bits per heavy atom. The summed E-state index contributed by atoms with van der Waals surface area (Å²) >= 11 is 0. The molecule has 1 saturated carbocycles. The van der Waals surface area contributed by atoms with Crippen LogP contribution in [-0.2, 0) is 60.3 Å². The average molecular weight is 1080 g/mol. The van der Waals surface area contributed by atoms with Crippen LogP contribution in [0.25, 0.3) is 33.0 Å². The van der Waals surface area contributed by atoms with Crippen LogP contribution >= 0.6 is 0 Å². The van der Waals surface area contributed by atoms with Gasteiger partial charge in [0.2, 0.25) is 0 Å². The first-order valence-electron chi connectivity index (χ1n) is 27.6. The Kier molecular flexibility index (Phi) is 17.3. The Morgan fingerprint density at radius 3 is 1.65 bits per heavy atom. The summed E-state index contributed by atoms with van der Waals surface area (Å²) in [7, 11) is 4.92. The Bertz CT molecular complexity index is 3130. The summed E-state index contributed by atoms with van der Waals surface area (Å²) in [6.07, 6.45) is 5.11. The summed E-state index contributed by atoms with van der Waals surface area (Å²) in [4.78, 5) is 48.4. The molecular formula is C66H74O13. The third-order valence-electron chi connectivity index (χ3n) is 15.6. The van der Waals surface area contributed by atoms with Gasteiger partial charge in [-0.3, -0.25) is 19.2 Å². The van der Waals surface area contributed by atoms with Crippen molar-refractivity contribution < 1.29 is 61.8 Å². The van der Waals surface area contributed by atoms with Crippen LogP contribution in [-0.4, -0.2) is 84.8 Å². The molecule has 6 aromatic carbocycles. The summed E-state index contributed by atoms with van der Waals surface area (Å²) in [6.45, 7) is 10.5. The van der Waals surface area contributed by atoms with Crippen LogP contribution in [0, 0.1) is 10.8 Å². The molecule has 9 rings (SSSR count). The standard InChI is InChI=1S/C66H74O13/c1-63(2)41-64(3,4)43-65(42-63)54-18-12-11-17-49(54)60-52-39-51(44-15-9-8-10-16-44)55(73-7)40-53(52)62-50(61(60)65)31-32-66(79-62,45-19-23-47(72-6)24-20-45)46-21-25-48(26-22-46)74-37-38-78-59(70)30-28-57(68)76-34-14-13-33-75-56(67)27-29-58(69)77-36-35-71-5/h8-12,15-26,39-40H,13-14,27-38,41-43H2,1-7H3. The molecule has 0 radical (unpaired) electrons. The van der Waals surface area contributed by atoms with Crippen LogP contribution in [0.1, 0.15) is 120 Å². The lowest BCUT2D eigenvalue weighted by atomic mass is 9.52.